The van der Waals surface area contributed by atoms with Gasteiger partial charge in [0.15, 0.2) is 18.1 Å². The summed E-state index contributed by atoms with van der Waals surface area (Å²) in [6, 6.07) is 12.1. The van der Waals surface area contributed by atoms with Crippen LogP contribution in [0.25, 0.3) is 0 Å². The zero-order valence-corrected chi connectivity index (χ0v) is 16.3. The standard InChI is InChI=1S/C20H23ClN2O4/c1-13(2)23-19(24)12-27-17-8-7-15(10-18(17)26-3)20(25)22-11-14-5-4-6-16(21)9-14/h4-10,13H,11-12H2,1-3H3,(H,22,25)(H,23,24). The molecule has 0 aliphatic carbocycles. The molecule has 0 unspecified atom stereocenters. The molecule has 2 aromatic rings. The smallest absolute Gasteiger partial charge is 0.258 e. The van der Waals surface area contributed by atoms with E-state index in [-0.39, 0.29) is 24.5 Å². The second-order valence-electron chi connectivity index (χ2n) is 6.19. The Morgan fingerprint density at radius 3 is 2.56 bits per heavy atom. The fraction of sp³-hybridized carbons (Fsp3) is 0.300. The molecule has 0 fully saturated rings. The van der Waals surface area contributed by atoms with Crippen LogP contribution in [0.1, 0.15) is 29.8 Å². The first-order valence-electron chi connectivity index (χ1n) is 8.52. The Hall–Kier alpha value is -2.73. The largest absolute Gasteiger partial charge is 0.493 e. The molecule has 0 radical (unpaired) electrons. The molecular weight excluding hydrogens is 368 g/mol. The summed E-state index contributed by atoms with van der Waals surface area (Å²) in [5.74, 6) is 0.290. The number of hydrogen-bond acceptors (Lipinski definition) is 4. The van der Waals surface area contributed by atoms with Gasteiger partial charge in [0.25, 0.3) is 11.8 Å². The van der Waals surface area contributed by atoms with E-state index in [1.807, 2.05) is 26.0 Å². The molecule has 0 spiro atoms. The summed E-state index contributed by atoms with van der Waals surface area (Å²) in [6.45, 7) is 3.97. The quantitative estimate of drug-likeness (QED) is 0.725. The summed E-state index contributed by atoms with van der Waals surface area (Å²) in [7, 11) is 1.48. The number of nitrogens with one attached hydrogen (secondary N) is 2. The number of hydrogen-bond donors (Lipinski definition) is 2. The lowest BCUT2D eigenvalue weighted by Gasteiger charge is -2.13. The number of methoxy groups -OCH3 is 1. The van der Waals surface area contributed by atoms with Gasteiger partial charge in [0.1, 0.15) is 0 Å². The predicted octanol–water partition coefficient (Wildman–Crippen LogP) is 3.18. The minimum absolute atomic E-state index is 0.0357. The first-order chi connectivity index (χ1) is 12.9. The molecule has 0 aromatic heterocycles. The predicted molar refractivity (Wildman–Crippen MR) is 104 cm³/mol. The van der Waals surface area contributed by atoms with E-state index >= 15 is 0 Å². The molecule has 27 heavy (non-hydrogen) atoms. The minimum Gasteiger partial charge on any atom is -0.493 e. The molecule has 0 aliphatic heterocycles. The molecule has 2 aromatic carbocycles. The first kappa shape index (κ1) is 20.6. The molecule has 0 atom stereocenters. The van der Waals surface area contributed by atoms with E-state index in [0.29, 0.717) is 28.6 Å². The van der Waals surface area contributed by atoms with Crippen molar-refractivity contribution >= 4 is 23.4 Å². The fourth-order valence-electron chi connectivity index (χ4n) is 2.37. The lowest BCUT2D eigenvalue weighted by molar-refractivity contribution is -0.123. The van der Waals surface area contributed by atoms with Crippen LogP contribution < -0.4 is 20.1 Å². The van der Waals surface area contributed by atoms with Gasteiger partial charge in [0.2, 0.25) is 0 Å². The molecule has 0 aliphatic rings. The summed E-state index contributed by atoms with van der Waals surface area (Å²) in [5, 5.41) is 6.18. The summed E-state index contributed by atoms with van der Waals surface area (Å²) >= 11 is 5.94. The molecule has 2 rings (SSSR count). The van der Waals surface area contributed by atoms with E-state index in [0.717, 1.165) is 5.56 Å². The Morgan fingerprint density at radius 1 is 1.11 bits per heavy atom. The maximum Gasteiger partial charge on any atom is 0.258 e. The van der Waals surface area contributed by atoms with Crippen molar-refractivity contribution in [3.63, 3.8) is 0 Å². The van der Waals surface area contributed by atoms with Crippen LogP contribution in [0, 0.1) is 0 Å². The highest BCUT2D eigenvalue weighted by Gasteiger charge is 2.13. The van der Waals surface area contributed by atoms with E-state index in [1.165, 1.54) is 7.11 Å². The number of carbonyl (C=O) groups is 2. The lowest BCUT2D eigenvalue weighted by Crippen LogP contribution is -2.34. The number of halogens is 1. The van der Waals surface area contributed by atoms with Crippen molar-refractivity contribution in [2.45, 2.75) is 26.4 Å². The van der Waals surface area contributed by atoms with Crippen molar-refractivity contribution in [2.75, 3.05) is 13.7 Å². The first-order valence-corrected chi connectivity index (χ1v) is 8.89. The van der Waals surface area contributed by atoms with Gasteiger partial charge in [-0.1, -0.05) is 23.7 Å². The number of carbonyl (C=O) groups excluding carboxylic acids is 2. The molecular formula is C20H23ClN2O4. The topological polar surface area (TPSA) is 76.7 Å². The summed E-state index contributed by atoms with van der Waals surface area (Å²) < 4.78 is 10.8. The van der Waals surface area contributed by atoms with Crippen LogP contribution in [0.15, 0.2) is 42.5 Å². The Morgan fingerprint density at radius 2 is 1.89 bits per heavy atom. The Bertz CT molecular complexity index is 808. The second kappa shape index (κ2) is 9.83. The zero-order valence-electron chi connectivity index (χ0n) is 15.5. The van der Waals surface area contributed by atoms with Gasteiger partial charge in [-0.2, -0.15) is 0 Å². The van der Waals surface area contributed by atoms with Crippen molar-refractivity contribution in [1.29, 1.82) is 0 Å². The van der Waals surface area contributed by atoms with Crippen LogP contribution in [0.2, 0.25) is 5.02 Å². The van der Waals surface area contributed by atoms with Crippen LogP contribution in [0.3, 0.4) is 0 Å². The SMILES string of the molecule is COc1cc(C(=O)NCc2cccc(Cl)c2)ccc1OCC(=O)NC(C)C. The van der Waals surface area contributed by atoms with Gasteiger partial charge in [-0.3, -0.25) is 9.59 Å². The van der Waals surface area contributed by atoms with E-state index in [2.05, 4.69) is 10.6 Å². The van der Waals surface area contributed by atoms with Gasteiger partial charge >= 0.3 is 0 Å². The van der Waals surface area contributed by atoms with Gasteiger partial charge in [-0.05, 0) is 49.7 Å². The number of benzene rings is 2. The minimum atomic E-state index is -0.252. The third kappa shape index (κ3) is 6.49. The molecule has 7 heteroatoms. The molecule has 2 amide bonds. The molecule has 0 saturated carbocycles. The van der Waals surface area contributed by atoms with Gasteiger partial charge in [0, 0.05) is 23.2 Å². The molecule has 6 nitrogen and oxygen atoms in total. The summed E-state index contributed by atoms with van der Waals surface area (Å²) in [5.41, 5.74) is 1.33. The summed E-state index contributed by atoms with van der Waals surface area (Å²) in [4.78, 5) is 24.1. The normalized spacial score (nSPS) is 10.4. The van der Waals surface area contributed by atoms with E-state index in [9.17, 15) is 9.59 Å². The molecule has 0 heterocycles. The number of rotatable bonds is 8. The third-order valence-corrected chi connectivity index (χ3v) is 3.81. The second-order valence-corrected chi connectivity index (χ2v) is 6.63. The monoisotopic (exact) mass is 390 g/mol. The van der Waals surface area contributed by atoms with Crippen LogP contribution >= 0.6 is 11.6 Å². The highest BCUT2D eigenvalue weighted by atomic mass is 35.5. The highest BCUT2D eigenvalue weighted by Crippen LogP contribution is 2.28. The Labute approximate surface area is 163 Å². The average Bonchev–Trinajstić information content (AvgIpc) is 2.63. The van der Waals surface area contributed by atoms with Gasteiger partial charge in [-0.15, -0.1) is 0 Å². The number of ether oxygens (including phenoxy) is 2. The van der Waals surface area contributed by atoms with Crippen molar-refractivity contribution in [3.8, 4) is 11.5 Å². The highest BCUT2D eigenvalue weighted by molar-refractivity contribution is 6.30. The molecule has 144 valence electrons. The van der Waals surface area contributed by atoms with Gasteiger partial charge in [0.05, 0.1) is 7.11 Å². The van der Waals surface area contributed by atoms with Crippen molar-refractivity contribution in [3.05, 3.63) is 58.6 Å². The third-order valence-electron chi connectivity index (χ3n) is 3.58. The lowest BCUT2D eigenvalue weighted by atomic mass is 10.1. The van der Waals surface area contributed by atoms with E-state index < -0.39 is 0 Å². The maximum absolute atomic E-state index is 12.4. The number of amides is 2. The van der Waals surface area contributed by atoms with Crippen LogP contribution in [0.4, 0.5) is 0 Å². The molecule has 2 N–H and O–H groups in total. The van der Waals surface area contributed by atoms with Crippen molar-refractivity contribution in [2.24, 2.45) is 0 Å². The van der Waals surface area contributed by atoms with Crippen molar-refractivity contribution < 1.29 is 19.1 Å². The molecule has 0 saturated heterocycles. The fourth-order valence-corrected chi connectivity index (χ4v) is 2.58. The molecule has 0 bridgehead atoms. The van der Waals surface area contributed by atoms with Gasteiger partial charge < -0.3 is 20.1 Å². The van der Waals surface area contributed by atoms with Gasteiger partial charge in [-0.25, -0.2) is 0 Å². The zero-order chi connectivity index (χ0) is 19.8. The average molecular weight is 391 g/mol. The van der Waals surface area contributed by atoms with Crippen LogP contribution in [-0.2, 0) is 11.3 Å². The Balaban J connectivity index is 1.99. The van der Waals surface area contributed by atoms with Crippen LogP contribution in [-0.4, -0.2) is 31.6 Å². The Kier molecular flexibility index (Phi) is 7.49. The van der Waals surface area contributed by atoms with E-state index in [1.54, 1.807) is 30.3 Å². The van der Waals surface area contributed by atoms with Crippen LogP contribution in [0.5, 0.6) is 11.5 Å². The van der Waals surface area contributed by atoms with Crippen molar-refractivity contribution in [1.82, 2.24) is 10.6 Å². The van der Waals surface area contributed by atoms with E-state index in [4.69, 9.17) is 21.1 Å². The summed E-state index contributed by atoms with van der Waals surface area (Å²) in [6.07, 6.45) is 0. The maximum atomic E-state index is 12.4.